The molecule has 0 aliphatic heterocycles. The predicted molar refractivity (Wildman–Crippen MR) is 72.1 cm³/mol. The second kappa shape index (κ2) is 8.51. The number of esters is 1. The zero-order valence-electron chi connectivity index (χ0n) is 12.2. The Morgan fingerprint density at radius 2 is 1.82 bits per heavy atom. The average molecular weight is 243 g/mol. The van der Waals surface area contributed by atoms with E-state index < -0.39 is 0 Å². The van der Waals surface area contributed by atoms with E-state index in [9.17, 15) is 4.79 Å². The SMILES string of the molecule is CCOC(=O)CCCCCN(C)CC(C)(C)C. The maximum Gasteiger partial charge on any atom is 0.305 e. The minimum atomic E-state index is -0.0597. The monoisotopic (exact) mass is 243 g/mol. The van der Waals surface area contributed by atoms with Crippen molar-refractivity contribution in [3.8, 4) is 0 Å². The van der Waals surface area contributed by atoms with E-state index in [1.165, 1.54) is 0 Å². The van der Waals surface area contributed by atoms with Gasteiger partial charge in [-0.3, -0.25) is 4.79 Å². The van der Waals surface area contributed by atoms with Crippen molar-refractivity contribution < 1.29 is 9.53 Å². The summed E-state index contributed by atoms with van der Waals surface area (Å²) in [5.74, 6) is -0.0597. The van der Waals surface area contributed by atoms with Crippen molar-refractivity contribution in [2.45, 2.75) is 53.4 Å². The first-order valence-electron chi connectivity index (χ1n) is 6.69. The zero-order chi connectivity index (χ0) is 13.3. The molecular weight excluding hydrogens is 214 g/mol. The van der Waals surface area contributed by atoms with Gasteiger partial charge in [0.15, 0.2) is 0 Å². The highest BCUT2D eigenvalue weighted by molar-refractivity contribution is 5.69. The molecule has 0 fully saturated rings. The van der Waals surface area contributed by atoms with Crippen LogP contribution in [0.3, 0.4) is 0 Å². The first-order valence-corrected chi connectivity index (χ1v) is 6.69. The molecule has 102 valence electrons. The van der Waals surface area contributed by atoms with Crippen molar-refractivity contribution >= 4 is 5.97 Å². The Balaban J connectivity index is 3.42. The lowest BCUT2D eigenvalue weighted by atomic mass is 9.96. The Kier molecular flexibility index (Phi) is 8.23. The third-order valence-electron chi connectivity index (χ3n) is 2.47. The van der Waals surface area contributed by atoms with Crippen LogP contribution in [0.2, 0.25) is 0 Å². The van der Waals surface area contributed by atoms with Gasteiger partial charge in [-0.15, -0.1) is 0 Å². The molecule has 0 aromatic carbocycles. The van der Waals surface area contributed by atoms with Crippen molar-refractivity contribution in [3.63, 3.8) is 0 Å². The molecule has 3 heteroatoms. The topological polar surface area (TPSA) is 29.5 Å². The van der Waals surface area contributed by atoms with Gasteiger partial charge in [0.05, 0.1) is 6.61 Å². The van der Waals surface area contributed by atoms with E-state index in [1.807, 2.05) is 6.92 Å². The Morgan fingerprint density at radius 3 is 2.35 bits per heavy atom. The third kappa shape index (κ3) is 11.7. The van der Waals surface area contributed by atoms with Gasteiger partial charge in [0.25, 0.3) is 0 Å². The first-order chi connectivity index (χ1) is 7.85. The summed E-state index contributed by atoms with van der Waals surface area (Å²) in [6, 6.07) is 0. The van der Waals surface area contributed by atoms with Crippen LogP contribution in [0.4, 0.5) is 0 Å². The number of hydrogen-bond acceptors (Lipinski definition) is 3. The van der Waals surface area contributed by atoms with Gasteiger partial charge in [0.1, 0.15) is 0 Å². The number of carbonyl (C=O) groups is 1. The Hall–Kier alpha value is -0.570. The van der Waals surface area contributed by atoms with Crippen molar-refractivity contribution in [3.05, 3.63) is 0 Å². The largest absolute Gasteiger partial charge is 0.466 e. The second-order valence-corrected chi connectivity index (χ2v) is 5.91. The van der Waals surface area contributed by atoms with E-state index in [0.29, 0.717) is 18.4 Å². The summed E-state index contributed by atoms with van der Waals surface area (Å²) < 4.78 is 4.89. The van der Waals surface area contributed by atoms with Crippen LogP contribution in [0.5, 0.6) is 0 Å². The minimum absolute atomic E-state index is 0.0597. The van der Waals surface area contributed by atoms with Gasteiger partial charge >= 0.3 is 5.97 Å². The molecule has 3 nitrogen and oxygen atoms in total. The van der Waals surface area contributed by atoms with E-state index in [2.05, 4.69) is 32.7 Å². The fourth-order valence-corrected chi connectivity index (χ4v) is 1.95. The van der Waals surface area contributed by atoms with Gasteiger partial charge in [-0.25, -0.2) is 0 Å². The van der Waals surface area contributed by atoms with E-state index in [1.54, 1.807) is 0 Å². The summed E-state index contributed by atoms with van der Waals surface area (Å²) in [6.45, 7) is 11.3. The molecule has 17 heavy (non-hydrogen) atoms. The molecular formula is C14H29NO2. The molecule has 0 atom stereocenters. The van der Waals surface area contributed by atoms with E-state index in [-0.39, 0.29) is 5.97 Å². The maximum atomic E-state index is 11.1. The standard InChI is InChI=1S/C14H29NO2/c1-6-17-13(16)10-8-7-9-11-15(5)12-14(2,3)4/h6-12H2,1-5H3. The van der Waals surface area contributed by atoms with Crippen molar-refractivity contribution in [1.82, 2.24) is 4.90 Å². The third-order valence-corrected chi connectivity index (χ3v) is 2.47. The quantitative estimate of drug-likeness (QED) is 0.484. The molecule has 0 spiro atoms. The first kappa shape index (κ1) is 16.4. The van der Waals surface area contributed by atoms with Crippen molar-refractivity contribution in [2.75, 3.05) is 26.7 Å². The summed E-state index contributed by atoms with van der Waals surface area (Å²) in [6.07, 6.45) is 3.78. The average Bonchev–Trinajstić information content (AvgIpc) is 2.14. The maximum absolute atomic E-state index is 11.1. The number of carbonyl (C=O) groups excluding carboxylic acids is 1. The fourth-order valence-electron chi connectivity index (χ4n) is 1.95. The van der Waals surface area contributed by atoms with Crippen LogP contribution in [-0.4, -0.2) is 37.6 Å². The molecule has 0 aromatic heterocycles. The van der Waals surface area contributed by atoms with Crippen LogP contribution in [0.25, 0.3) is 0 Å². The molecule has 0 heterocycles. The van der Waals surface area contributed by atoms with Crippen LogP contribution < -0.4 is 0 Å². The number of ether oxygens (including phenoxy) is 1. The summed E-state index contributed by atoms with van der Waals surface area (Å²) in [5, 5.41) is 0. The lowest BCUT2D eigenvalue weighted by molar-refractivity contribution is -0.143. The molecule has 0 saturated carbocycles. The van der Waals surface area contributed by atoms with Crippen molar-refractivity contribution in [2.24, 2.45) is 5.41 Å². The second-order valence-electron chi connectivity index (χ2n) is 5.91. The number of unbranched alkanes of at least 4 members (excludes halogenated alkanes) is 2. The van der Waals surface area contributed by atoms with Gasteiger partial charge in [0.2, 0.25) is 0 Å². The normalized spacial score (nSPS) is 11.9. The van der Waals surface area contributed by atoms with E-state index in [0.717, 1.165) is 32.4 Å². The van der Waals surface area contributed by atoms with Gasteiger partial charge in [-0.1, -0.05) is 27.2 Å². The molecule has 0 rings (SSSR count). The van der Waals surface area contributed by atoms with Crippen LogP contribution in [-0.2, 0) is 9.53 Å². The molecule has 0 unspecified atom stereocenters. The summed E-state index contributed by atoms with van der Waals surface area (Å²) in [4.78, 5) is 13.5. The van der Waals surface area contributed by atoms with Crippen LogP contribution in [0.1, 0.15) is 53.4 Å². The van der Waals surface area contributed by atoms with Gasteiger partial charge < -0.3 is 9.64 Å². The lowest BCUT2D eigenvalue weighted by Gasteiger charge is -2.26. The van der Waals surface area contributed by atoms with Crippen molar-refractivity contribution in [1.29, 1.82) is 0 Å². The number of hydrogen-bond donors (Lipinski definition) is 0. The highest BCUT2D eigenvalue weighted by Gasteiger charge is 2.12. The smallest absolute Gasteiger partial charge is 0.305 e. The molecule has 0 aromatic rings. The number of nitrogens with zero attached hydrogens (tertiary/aromatic N) is 1. The Labute approximate surface area is 107 Å². The van der Waals surface area contributed by atoms with Crippen LogP contribution in [0, 0.1) is 5.41 Å². The highest BCUT2D eigenvalue weighted by Crippen LogP contribution is 2.14. The summed E-state index contributed by atoms with van der Waals surface area (Å²) in [7, 11) is 2.16. The molecule has 0 saturated heterocycles. The minimum Gasteiger partial charge on any atom is -0.466 e. The predicted octanol–water partition coefficient (Wildman–Crippen LogP) is 3.09. The highest BCUT2D eigenvalue weighted by atomic mass is 16.5. The number of rotatable bonds is 8. The van der Waals surface area contributed by atoms with E-state index in [4.69, 9.17) is 4.74 Å². The molecule has 0 radical (unpaired) electrons. The van der Waals surface area contributed by atoms with Gasteiger partial charge in [-0.2, -0.15) is 0 Å². The van der Waals surface area contributed by atoms with Gasteiger partial charge in [0, 0.05) is 13.0 Å². The molecule has 0 aliphatic carbocycles. The Morgan fingerprint density at radius 1 is 1.18 bits per heavy atom. The summed E-state index contributed by atoms with van der Waals surface area (Å²) in [5.41, 5.74) is 0.361. The molecule has 0 amide bonds. The lowest BCUT2D eigenvalue weighted by Crippen LogP contribution is -2.30. The van der Waals surface area contributed by atoms with Crippen LogP contribution in [0.15, 0.2) is 0 Å². The van der Waals surface area contributed by atoms with Gasteiger partial charge in [-0.05, 0) is 38.8 Å². The molecule has 0 bridgehead atoms. The molecule has 0 aliphatic rings. The fraction of sp³-hybridized carbons (Fsp3) is 0.929. The van der Waals surface area contributed by atoms with Crippen LogP contribution >= 0.6 is 0 Å². The Bertz CT molecular complexity index is 209. The zero-order valence-corrected chi connectivity index (χ0v) is 12.2. The summed E-state index contributed by atoms with van der Waals surface area (Å²) >= 11 is 0. The van der Waals surface area contributed by atoms with E-state index >= 15 is 0 Å². The molecule has 0 N–H and O–H groups in total.